The van der Waals surface area contributed by atoms with Crippen molar-refractivity contribution >= 4 is 32.5 Å². The molecule has 0 radical (unpaired) electrons. The lowest BCUT2D eigenvalue weighted by atomic mass is 10.2. The van der Waals surface area contributed by atoms with Gasteiger partial charge in [0, 0.05) is 5.75 Å². The van der Waals surface area contributed by atoms with E-state index < -0.39 is 20.7 Å². The van der Waals surface area contributed by atoms with Crippen LogP contribution in [-0.4, -0.2) is 24.5 Å². The molecular weight excluding hydrogens is 358 g/mol. The predicted octanol–water partition coefficient (Wildman–Crippen LogP) is 4.19. The Hall–Kier alpha value is -1.11. The average Bonchev–Trinajstić information content (AvgIpc) is 2.58. The summed E-state index contributed by atoms with van der Waals surface area (Å²) in [4.78, 5) is 0.301. The third-order valence-corrected chi connectivity index (χ3v) is 9.90. The summed E-state index contributed by atoms with van der Waals surface area (Å²) in [6.45, 7) is 1.95. The summed E-state index contributed by atoms with van der Waals surface area (Å²) in [5, 5.41) is 0. The van der Waals surface area contributed by atoms with E-state index in [9.17, 15) is 8.42 Å². The number of aryl methyl sites for hydroxylation is 1. The van der Waals surface area contributed by atoms with Gasteiger partial charge >= 0.3 is 0 Å². The van der Waals surface area contributed by atoms with E-state index in [0.717, 1.165) is 29.9 Å². The molecule has 0 N–H and O–H groups in total. The summed E-state index contributed by atoms with van der Waals surface area (Å²) in [6.07, 6.45) is 1.91. The second-order valence-electron chi connectivity index (χ2n) is 5.81. The van der Waals surface area contributed by atoms with Crippen molar-refractivity contribution in [2.75, 3.05) is 11.5 Å². The lowest BCUT2D eigenvalue weighted by molar-refractivity contribution is 0.598. The van der Waals surface area contributed by atoms with Gasteiger partial charge in [-0.15, -0.1) is 15.5 Å². The Morgan fingerprint density at radius 2 is 1.83 bits per heavy atom. The SMILES string of the molecule is Cc1ccc(S(=O)(=O)/N=[S@]2\CCCS[C@@H]2Cc2ccccc2)cc1. The maximum Gasteiger partial charge on any atom is 0.287 e. The minimum absolute atomic E-state index is 0.251. The van der Waals surface area contributed by atoms with Gasteiger partial charge in [-0.25, -0.2) is 0 Å². The normalized spacial score (nSPS) is 21.7. The number of thioether (sulfide) groups is 1. The third kappa shape index (κ3) is 4.49. The quantitative estimate of drug-likeness (QED) is 0.800. The van der Waals surface area contributed by atoms with Crippen LogP contribution in [0.3, 0.4) is 0 Å². The zero-order valence-electron chi connectivity index (χ0n) is 13.6. The molecule has 3 rings (SSSR count). The Morgan fingerprint density at radius 3 is 2.54 bits per heavy atom. The summed E-state index contributed by atoms with van der Waals surface area (Å²) < 4.78 is 29.9. The molecule has 1 heterocycles. The molecule has 1 aliphatic rings. The van der Waals surface area contributed by atoms with Crippen molar-refractivity contribution in [2.45, 2.75) is 29.2 Å². The molecule has 0 aliphatic carbocycles. The van der Waals surface area contributed by atoms with Crippen molar-refractivity contribution in [3.63, 3.8) is 0 Å². The highest BCUT2D eigenvalue weighted by atomic mass is 32.3. The number of rotatable bonds is 4. The van der Waals surface area contributed by atoms with Crippen molar-refractivity contribution in [3.8, 4) is 0 Å². The van der Waals surface area contributed by atoms with Crippen molar-refractivity contribution in [2.24, 2.45) is 3.77 Å². The fraction of sp³-hybridized carbons (Fsp3) is 0.333. The molecule has 3 nitrogen and oxygen atoms in total. The van der Waals surface area contributed by atoms with Crippen LogP contribution in [-0.2, 0) is 27.1 Å². The Morgan fingerprint density at radius 1 is 1.12 bits per heavy atom. The molecule has 0 spiro atoms. The zero-order valence-corrected chi connectivity index (χ0v) is 16.0. The first-order chi connectivity index (χ1) is 11.5. The predicted molar refractivity (Wildman–Crippen MR) is 104 cm³/mol. The number of benzene rings is 2. The van der Waals surface area contributed by atoms with Crippen LogP contribution in [0, 0.1) is 6.92 Å². The van der Waals surface area contributed by atoms with Gasteiger partial charge in [0.2, 0.25) is 0 Å². The molecule has 2 aromatic carbocycles. The Bertz CT molecular complexity index is 815. The van der Waals surface area contributed by atoms with Crippen molar-refractivity contribution in [3.05, 3.63) is 65.7 Å². The van der Waals surface area contributed by atoms with Crippen LogP contribution >= 0.6 is 11.8 Å². The van der Waals surface area contributed by atoms with Gasteiger partial charge in [0.25, 0.3) is 10.0 Å². The fourth-order valence-corrected chi connectivity index (χ4v) is 8.75. The van der Waals surface area contributed by atoms with E-state index in [0.29, 0.717) is 4.90 Å². The molecule has 1 fully saturated rings. The van der Waals surface area contributed by atoms with E-state index in [1.165, 1.54) is 5.56 Å². The minimum atomic E-state index is -3.58. The summed E-state index contributed by atoms with van der Waals surface area (Å²) in [7, 11) is -4.04. The number of hydrogen-bond acceptors (Lipinski definition) is 3. The van der Waals surface area contributed by atoms with E-state index in [1.54, 1.807) is 12.1 Å². The van der Waals surface area contributed by atoms with Gasteiger partial charge in [-0.2, -0.15) is 8.42 Å². The van der Waals surface area contributed by atoms with Crippen LogP contribution in [0.15, 0.2) is 63.3 Å². The first-order valence-corrected chi connectivity index (χ1v) is 11.8. The molecule has 24 heavy (non-hydrogen) atoms. The molecular formula is C18H21NO2S3. The van der Waals surface area contributed by atoms with Crippen LogP contribution in [0.2, 0.25) is 0 Å². The molecule has 6 heteroatoms. The van der Waals surface area contributed by atoms with Gasteiger partial charge in [0.15, 0.2) is 0 Å². The highest BCUT2D eigenvalue weighted by Crippen LogP contribution is 2.29. The highest BCUT2D eigenvalue weighted by molar-refractivity contribution is 8.14. The average molecular weight is 380 g/mol. The zero-order chi connectivity index (χ0) is 17.0. The minimum Gasteiger partial charge on any atom is -0.199 e. The maximum absolute atomic E-state index is 12.6. The molecule has 2 atom stereocenters. The summed E-state index contributed by atoms with van der Waals surface area (Å²) in [5.41, 5.74) is 2.30. The molecule has 0 unspecified atom stereocenters. The van der Waals surface area contributed by atoms with Gasteiger partial charge in [0.1, 0.15) is 0 Å². The molecule has 0 saturated carbocycles. The molecule has 2 aromatic rings. The molecule has 1 aliphatic heterocycles. The van der Waals surface area contributed by atoms with E-state index in [1.807, 2.05) is 49.0 Å². The summed E-state index contributed by atoms with van der Waals surface area (Å²) in [5.74, 6) is 1.96. The van der Waals surface area contributed by atoms with Gasteiger partial charge in [0.05, 0.1) is 9.48 Å². The van der Waals surface area contributed by atoms with Crippen molar-refractivity contribution in [1.82, 2.24) is 0 Å². The Balaban J connectivity index is 1.86. The van der Waals surface area contributed by atoms with Crippen LogP contribution in [0.25, 0.3) is 0 Å². The third-order valence-electron chi connectivity index (χ3n) is 3.86. The monoisotopic (exact) mass is 379 g/mol. The van der Waals surface area contributed by atoms with Crippen molar-refractivity contribution in [1.29, 1.82) is 0 Å². The van der Waals surface area contributed by atoms with Crippen LogP contribution < -0.4 is 0 Å². The van der Waals surface area contributed by atoms with E-state index in [2.05, 4.69) is 15.9 Å². The van der Waals surface area contributed by atoms with Gasteiger partial charge in [-0.3, -0.25) is 0 Å². The topological polar surface area (TPSA) is 46.5 Å². The smallest absolute Gasteiger partial charge is 0.199 e. The van der Waals surface area contributed by atoms with E-state index in [4.69, 9.17) is 0 Å². The first-order valence-electron chi connectivity index (χ1n) is 7.95. The lowest BCUT2D eigenvalue weighted by Gasteiger charge is -2.24. The molecule has 128 valence electrons. The molecule has 0 bridgehead atoms. The standard InChI is InChI=1S/C18H21NO2S3/c1-15-8-10-17(11-9-15)24(20,21)19-23-13-5-12-22-18(23)14-16-6-3-2-4-7-16/h2-4,6-11,18H,5,12-14H2,1H3/t18-,23-/m0/s1. The summed E-state index contributed by atoms with van der Waals surface area (Å²) in [6, 6.07) is 17.2. The van der Waals surface area contributed by atoms with E-state index in [-0.39, 0.29) is 4.58 Å². The van der Waals surface area contributed by atoms with Gasteiger partial charge in [-0.05, 0) is 43.2 Å². The van der Waals surface area contributed by atoms with Gasteiger partial charge in [-0.1, -0.05) is 58.7 Å². The number of hydrogen-bond donors (Lipinski definition) is 0. The second kappa shape index (κ2) is 7.85. The largest absolute Gasteiger partial charge is 0.287 e. The van der Waals surface area contributed by atoms with Gasteiger partial charge < -0.3 is 0 Å². The van der Waals surface area contributed by atoms with Crippen molar-refractivity contribution < 1.29 is 8.42 Å². The lowest BCUT2D eigenvalue weighted by Crippen LogP contribution is -2.23. The number of nitrogens with zero attached hydrogens (tertiary/aromatic N) is 1. The summed E-state index contributed by atoms with van der Waals surface area (Å²) >= 11 is 1.86. The molecule has 1 saturated heterocycles. The molecule has 0 aromatic heterocycles. The van der Waals surface area contributed by atoms with Crippen LogP contribution in [0.1, 0.15) is 17.5 Å². The van der Waals surface area contributed by atoms with E-state index >= 15 is 0 Å². The number of sulfonamides is 1. The first kappa shape index (κ1) is 17.7. The fourth-order valence-electron chi connectivity index (χ4n) is 2.56. The second-order valence-corrected chi connectivity index (χ2v) is 11.2. The molecule has 0 amide bonds. The van der Waals surface area contributed by atoms with Crippen LogP contribution in [0.4, 0.5) is 0 Å². The Labute approximate surface area is 151 Å². The Kier molecular flexibility index (Phi) is 5.79. The van der Waals surface area contributed by atoms with Crippen LogP contribution in [0.5, 0.6) is 0 Å². The maximum atomic E-state index is 12.6. The highest BCUT2D eigenvalue weighted by Gasteiger charge is 2.23.